The number of esters is 1. The molecule has 3 aromatic carbocycles. The summed E-state index contributed by atoms with van der Waals surface area (Å²) < 4.78 is 7.47. The topological polar surface area (TPSA) is 69.4 Å². The Labute approximate surface area is 179 Å². The van der Waals surface area contributed by atoms with Crippen molar-refractivity contribution in [1.29, 1.82) is 0 Å². The summed E-state index contributed by atoms with van der Waals surface area (Å²) in [5.74, 6) is 0.349. The predicted molar refractivity (Wildman–Crippen MR) is 119 cm³/mol. The Balaban J connectivity index is 1.51. The van der Waals surface area contributed by atoms with Gasteiger partial charge in [-0.25, -0.2) is 9.78 Å². The number of carbonyl (C=O) groups is 1. The molecular formula is C25H20N4O2. The van der Waals surface area contributed by atoms with E-state index in [-0.39, 0.29) is 5.97 Å². The molecule has 0 aliphatic heterocycles. The Kier molecular flexibility index (Phi) is 4.88. The fourth-order valence-corrected chi connectivity index (χ4v) is 3.67. The number of aromatic nitrogens is 4. The molecule has 2 heterocycles. The van der Waals surface area contributed by atoms with Gasteiger partial charge in [-0.15, -0.1) is 10.2 Å². The third-order valence-electron chi connectivity index (χ3n) is 5.23. The van der Waals surface area contributed by atoms with Crippen LogP contribution >= 0.6 is 0 Å². The summed E-state index contributed by atoms with van der Waals surface area (Å²) in [5.41, 5.74) is 5.52. The molecule has 31 heavy (non-hydrogen) atoms. The summed E-state index contributed by atoms with van der Waals surface area (Å²) >= 11 is 0. The van der Waals surface area contributed by atoms with Crippen molar-refractivity contribution in [3.8, 4) is 11.4 Å². The molecule has 6 heteroatoms. The SMILES string of the molecule is Cc1nc2ccc(C(=O)OCCc3ccccc3)cc2n2c(-c3ccccc3)nnc12. The Morgan fingerprint density at radius 2 is 1.68 bits per heavy atom. The van der Waals surface area contributed by atoms with Gasteiger partial charge >= 0.3 is 5.97 Å². The van der Waals surface area contributed by atoms with E-state index in [9.17, 15) is 4.79 Å². The molecule has 0 saturated heterocycles. The van der Waals surface area contributed by atoms with Crippen molar-refractivity contribution in [3.05, 3.63) is 95.7 Å². The van der Waals surface area contributed by atoms with Crippen molar-refractivity contribution in [2.75, 3.05) is 6.61 Å². The van der Waals surface area contributed by atoms with Gasteiger partial charge < -0.3 is 4.74 Å². The minimum absolute atomic E-state index is 0.324. The number of benzene rings is 3. The molecule has 0 aliphatic rings. The lowest BCUT2D eigenvalue weighted by atomic mass is 10.1. The number of nitrogens with zero attached hydrogens (tertiary/aromatic N) is 4. The highest BCUT2D eigenvalue weighted by Crippen LogP contribution is 2.25. The zero-order valence-electron chi connectivity index (χ0n) is 17.0. The summed E-state index contributed by atoms with van der Waals surface area (Å²) in [7, 11) is 0. The maximum Gasteiger partial charge on any atom is 0.338 e. The zero-order chi connectivity index (χ0) is 21.2. The first-order chi connectivity index (χ1) is 15.2. The molecule has 0 N–H and O–H groups in total. The molecule has 2 aromatic heterocycles. The molecular weight excluding hydrogens is 388 g/mol. The molecule has 0 fully saturated rings. The number of ether oxygens (including phenoxy) is 1. The minimum atomic E-state index is -0.360. The second-order valence-corrected chi connectivity index (χ2v) is 7.32. The highest BCUT2D eigenvalue weighted by molar-refractivity contribution is 5.94. The molecule has 0 aliphatic carbocycles. The van der Waals surface area contributed by atoms with E-state index in [1.165, 1.54) is 0 Å². The second-order valence-electron chi connectivity index (χ2n) is 7.32. The van der Waals surface area contributed by atoms with Gasteiger partial charge in [0.15, 0.2) is 11.5 Å². The Morgan fingerprint density at radius 3 is 2.45 bits per heavy atom. The number of aryl methyl sites for hydroxylation is 1. The van der Waals surface area contributed by atoms with Crippen molar-refractivity contribution in [2.24, 2.45) is 0 Å². The minimum Gasteiger partial charge on any atom is -0.462 e. The summed E-state index contributed by atoms with van der Waals surface area (Å²) in [4.78, 5) is 17.3. The van der Waals surface area contributed by atoms with Crippen LogP contribution in [0.4, 0.5) is 0 Å². The molecule has 6 nitrogen and oxygen atoms in total. The standard InChI is InChI=1S/C25H20N4O2/c1-17-23-27-28-24(19-10-6-3-7-11-19)29(23)22-16-20(12-13-21(22)26-17)25(30)31-15-14-18-8-4-2-5-9-18/h2-13,16H,14-15H2,1H3. The van der Waals surface area contributed by atoms with Gasteiger partial charge in [-0.2, -0.15) is 0 Å². The van der Waals surface area contributed by atoms with Crippen LogP contribution in [0.5, 0.6) is 0 Å². The molecule has 0 saturated carbocycles. The zero-order valence-corrected chi connectivity index (χ0v) is 17.0. The summed E-state index contributed by atoms with van der Waals surface area (Å²) in [6, 6.07) is 25.2. The fourth-order valence-electron chi connectivity index (χ4n) is 3.67. The monoisotopic (exact) mass is 408 g/mol. The average Bonchev–Trinajstić information content (AvgIpc) is 3.26. The molecule has 152 valence electrons. The van der Waals surface area contributed by atoms with Gasteiger partial charge in [-0.1, -0.05) is 60.7 Å². The van der Waals surface area contributed by atoms with Crippen LogP contribution < -0.4 is 0 Å². The summed E-state index contributed by atoms with van der Waals surface area (Å²) in [6.07, 6.45) is 0.675. The van der Waals surface area contributed by atoms with E-state index in [0.29, 0.717) is 30.1 Å². The van der Waals surface area contributed by atoms with Crippen LogP contribution in [-0.4, -0.2) is 32.2 Å². The van der Waals surface area contributed by atoms with Crippen LogP contribution in [0.2, 0.25) is 0 Å². The lowest BCUT2D eigenvalue weighted by Crippen LogP contribution is -2.09. The Hall–Kier alpha value is -4.06. The third kappa shape index (κ3) is 3.64. The van der Waals surface area contributed by atoms with Gasteiger partial charge in [-0.05, 0) is 30.7 Å². The van der Waals surface area contributed by atoms with Gasteiger partial charge in [-0.3, -0.25) is 4.40 Å². The molecule has 5 aromatic rings. The van der Waals surface area contributed by atoms with Gasteiger partial charge in [0.1, 0.15) is 0 Å². The first-order valence-corrected chi connectivity index (χ1v) is 10.1. The molecule has 5 rings (SSSR count). The van der Waals surface area contributed by atoms with E-state index >= 15 is 0 Å². The van der Waals surface area contributed by atoms with E-state index < -0.39 is 0 Å². The van der Waals surface area contributed by atoms with E-state index in [1.807, 2.05) is 78.1 Å². The largest absolute Gasteiger partial charge is 0.462 e. The molecule has 0 bridgehead atoms. The number of hydrogen-bond donors (Lipinski definition) is 0. The molecule has 0 atom stereocenters. The summed E-state index contributed by atoms with van der Waals surface area (Å²) in [6.45, 7) is 2.23. The van der Waals surface area contributed by atoms with Crippen molar-refractivity contribution in [2.45, 2.75) is 13.3 Å². The van der Waals surface area contributed by atoms with Gasteiger partial charge in [0.25, 0.3) is 0 Å². The molecule has 0 amide bonds. The molecule has 0 radical (unpaired) electrons. The van der Waals surface area contributed by atoms with Crippen molar-refractivity contribution in [1.82, 2.24) is 19.6 Å². The van der Waals surface area contributed by atoms with Crippen LogP contribution in [0.3, 0.4) is 0 Å². The lowest BCUT2D eigenvalue weighted by Gasteiger charge is -2.09. The second kappa shape index (κ2) is 7.99. The molecule has 0 spiro atoms. The van der Waals surface area contributed by atoms with Gasteiger partial charge in [0, 0.05) is 12.0 Å². The van der Waals surface area contributed by atoms with E-state index in [1.54, 1.807) is 12.1 Å². The average molecular weight is 408 g/mol. The van der Waals surface area contributed by atoms with Crippen LogP contribution in [0, 0.1) is 6.92 Å². The number of fused-ring (bicyclic) bond motifs is 3. The van der Waals surface area contributed by atoms with Crippen molar-refractivity contribution < 1.29 is 9.53 Å². The fraction of sp³-hybridized carbons (Fsp3) is 0.120. The van der Waals surface area contributed by atoms with Gasteiger partial charge in [0.05, 0.1) is 28.9 Å². The third-order valence-corrected chi connectivity index (χ3v) is 5.23. The van der Waals surface area contributed by atoms with Crippen LogP contribution in [-0.2, 0) is 11.2 Å². The van der Waals surface area contributed by atoms with E-state index in [4.69, 9.17) is 4.74 Å². The van der Waals surface area contributed by atoms with Crippen LogP contribution in [0.15, 0.2) is 78.9 Å². The number of hydrogen-bond acceptors (Lipinski definition) is 5. The van der Waals surface area contributed by atoms with Crippen molar-refractivity contribution >= 4 is 22.6 Å². The van der Waals surface area contributed by atoms with E-state index in [0.717, 1.165) is 27.9 Å². The van der Waals surface area contributed by atoms with Gasteiger partial charge in [0.2, 0.25) is 0 Å². The Morgan fingerprint density at radius 1 is 0.935 bits per heavy atom. The Bertz CT molecular complexity index is 1380. The highest BCUT2D eigenvalue weighted by Gasteiger charge is 2.16. The first-order valence-electron chi connectivity index (χ1n) is 10.1. The maximum atomic E-state index is 12.7. The van der Waals surface area contributed by atoms with Crippen molar-refractivity contribution in [3.63, 3.8) is 0 Å². The number of rotatable bonds is 5. The van der Waals surface area contributed by atoms with Crippen LogP contribution in [0.25, 0.3) is 28.1 Å². The van der Waals surface area contributed by atoms with Crippen LogP contribution in [0.1, 0.15) is 21.6 Å². The molecule has 0 unspecified atom stereocenters. The summed E-state index contributed by atoms with van der Waals surface area (Å²) in [5, 5.41) is 8.73. The smallest absolute Gasteiger partial charge is 0.338 e. The maximum absolute atomic E-state index is 12.7. The predicted octanol–water partition coefficient (Wildman–Crippen LogP) is 4.65. The normalized spacial score (nSPS) is 11.1. The first kappa shape index (κ1) is 18.9. The lowest BCUT2D eigenvalue weighted by molar-refractivity contribution is 0.0509. The number of carbonyl (C=O) groups excluding carboxylic acids is 1. The quantitative estimate of drug-likeness (QED) is 0.396. The highest BCUT2D eigenvalue weighted by atomic mass is 16.5. The van der Waals surface area contributed by atoms with E-state index in [2.05, 4.69) is 15.2 Å².